The number of methoxy groups -OCH3 is 1. The lowest BCUT2D eigenvalue weighted by atomic mass is 9.91. The van der Waals surface area contributed by atoms with Crippen molar-refractivity contribution in [2.24, 2.45) is 0 Å². The van der Waals surface area contributed by atoms with Gasteiger partial charge in [-0.2, -0.15) is 0 Å². The molecule has 4 heteroatoms. The second-order valence-corrected chi connectivity index (χ2v) is 5.51. The molecule has 0 bridgehead atoms. The van der Waals surface area contributed by atoms with Crippen molar-refractivity contribution in [3.63, 3.8) is 0 Å². The highest BCUT2D eigenvalue weighted by molar-refractivity contribution is 6.30. The first-order valence-electron chi connectivity index (χ1n) is 6.37. The molecule has 1 aliphatic rings. The molecule has 1 aliphatic carbocycles. The summed E-state index contributed by atoms with van der Waals surface area (Å²) in [5.74, 6) is 1.57. The van der Waals surface area contributed by atoms with E-state index in [0.29, 0.717) is 11.9 Å². The monoisotopic (exact) mass is 287 g/mol. The molecule has 0 unspecified atom stereocenters. The van der Waals surface area contributed by atoms with Crippen molar-refractivity contribution < 1.29 is 4.74 Å². The van der Waals surface area contributed by atoms with Gasteiger partial charge in [-0.25, -0.2) is 0 Å². The lowest BCUT2D eigenvalue weighted by molar-refractivity contribution is 0.126. The molecule has 1 fully saturated rings. The SMILES string of the molecule is COc1ccc(Cl)cc1CN(CCCl)C1CCC1. The van der Waals surface area contributed by atoms with Gasteiger partial charge in [0.1, 0.15) is 5.75 Å². The van der Waals surface area contributed by atoms with E-state index in [2.05, 4.69) is 4.90 Å². The summed E-state index contributed by atoms with van der Waals surface area (Å²) in [5, 5.41) is 0.755. The number of benzene rings is 1. The van der Waals surface area contributed by atoms with Crippen molar-refractivity contribution in [2.75, 3.05) is 19.5 Å². The van der Waals surface area contributed by atoms with Gasteiger partial charge in [0.2, 0.25) is 0 Å². The minimum absolute atomic E-state index is 0.666. The maximum atomic E-state index is 6.06. The van der Waals surface area contributed by atoms with Gasteiger partial charge >= 0.3 is 0 Å². The number of ether oxygens (including phenoxy) is 1. The highest BCUT2D eigenvalue weighted by Gasteiger charge is 2.25. The van der Waals surface area contributed by atoms with Crippen LogP contribution in [0.15, 0.2) is 18.2 Å². The van der Waals surface area contributed by atoms with Crippen LogP contribution in [0.25, 0.3) is 0 Å². The highest BCUT2D eigenvalue weighted by Crippen LogP contribution is 2.29. The summed E-state index contributed by atoms with van der Waals surface area (Å²) in [4.78, 5) is 2.44. The van der Waals surface area contributed by atoms with E-state index >= 15 is 0 Å². The molecule has 1 saturated carbocycles. The Hall–Kier alpha value is -0.440. The fourth-order valence-electron chi connectivity index (χ4n) is 2.34. The van der Waals surface area contributed by atoms with Crippen LogP contribution in [-0.2, 0) is 6.54 Å². The molecule has 0 amide bonds. The first-order chi connectivity index (χ1) is 8.74. The van der Waals surface area contributed by atoms with E-state index in [-0.39, 0.29) is 0 Å². The first kappa shape index (κ1) is 14.0. The Bertz CT molecular complexity index is 393. The van der Waals surface area contributed by atoms with Gasteiger partial charge in [-0.1, -0.05) is 18.0 Å². The Morgan fingerprint density at radius 1 is 1.39 bits per heavy atom. The Balaban J connectivity index is 2.11. The summed E-state index contributed by atoms with van der Waals surface area (Å²) in [5.41, 5.74) is 1.14. The van der Waals surface area contributed by atoms with Crippen molar-refractivity contribution in [1.82, 2.24) is 4.90 Å². The maximum Gasteiger partial charge on any atom is 0.123 e. The van der Waals surface area contributed by atoms with E-state index in [9.17, 15) is 0 Å². The predicted molar refractivity (Wildman–Crippen MR) is 76.8 cm³/mol. The highest BCUT2D eigenvalue weighted by atomic mass is 35.5. The first-order valence-corrected chi connectivity index (χ1v) is 7.28. The fraction of sp³-hybridized carbons (Fsp3) is 0.571. The number of nitrogens with zero attached hydrogens (tertiary/aromatic N) is 1. The maximum absolute atomic E-state index is 6.06. The largest absolute Gasteiger partial charge is 0.496 e. The van der Waals surface area contributed by atoms with Crippen LogP contribution in [0.1, 0.15) is 24.8 Å². The Kier molecular flexibility index (Phi) is 5.16. The summed E-state index contributed by atoms with van der Waals surface area (Å²) >= 11 is 12.0. The van der Waals surface area contributed by atoms with Gasteiger partial charge in [-0.05, 0) is 31.0 Å². The van der Waals surface area contributed by atoms with Crippen LogP contribution in [0.2, 0.25) is 5.02 Å². The minimum atomic E-state index is 0.666. The molecule has 0 atom stereocenters. The molecular formula is C14H19Cl2NO. The van der Waals surface area contributed by atoms with Gasteiger partial charge in [0, 0.05) is 35.6 Å². The van der Waals surface area contributed by atoms with Crippen molar-refractivity contribution in [1.29, 1.82) is 0 Å². The molecular weight excluding hydrogens is 269 g/mol. The predicted octanol–water partition coefficient (Wildman–Crippen LogP) is 3.94. The molecule has 0 aromatic heterocycles. The molecule has 0 saturated heterocycles. The van der Waals surface area contributed by atoms with Crippen molar-refractivity contribution >= 4 is 23.2 Å². The van der Waals surface area contributed by atoms with Crippen LogP contribution in [0.3, 0.4) is 0 Å². The number of hydrogen-bond acceptors (Lipinski definition) is 2. The molecule has 18 heavy (non-hydrogen) atoms. The average Bonchev–Trinajstić information content (AvgIpc) is 2.27. The van der Waals surface area contributed by atoms with Crippen molar-refractivity contribution in [3.05, 3.63) is 28.8 Å². The van der Waals surface area contributed by atoms with Crippen LogP contribution in [0.4, 0.5) is 0 Å². The fourth-order valence-corrected chi connectivity index (χ4v) is 2.75. The van der Waals surface area contributed by atoms with E-state index in [0.717, 1.165) is 29.4 Å². The van der Waals surface area contributed by atoms with Crippen LogP contribution in [-0.4, -0.2) is 30.5 Å². The summed E-state index contributed by atoms with van der Waals surface area (Å²) in [7, 11) is 1.70. The molecule has 2 nitrogen and oxygen atoms in total. The van der Waals surface area contributed by atoms with E-state index in [1.165, 1.54) is 19.3 Å². The quantitative estimate of drug-likeness (QED) is 0.735. The molecule has 1 aromatic rings. The normalized spacial score (nSPS) is 15.8. The standard InChI is InChI=1S/C14H19Cl2NO/c1-18-14-6-5-12(16)9-11(14)10-17(8-7-15)13-3-2-4-13/h5-6,9,13H,2-4,7-8,10H2,1H3. The van der Waals surface area contributed by atoms with Crippen LogP contribution >= 0.6 is 23.2 Å². The third-order valence-electron chi connectivity index (χ3n) is 3.58. The smallest absolute Gasteiger partial charge is 0.123 e. The zero-order valence-electron chi connectivity index (χ0n) is 10.7. The van der Waals surface area contributed by atoms with Gasteiger partial charge in [-0.3, -0.25) is 4.90 Å². The zero-order chi connectivity index (χ0) is 13.0. The van der Waals surface area contributed by atoms with Gasteiger partial charge in [0.25, 0.3) is 0 Å². The Morgan fingerprint density at radius 3 is 2.72 bits per heavy atom. The molecule has 2 rings (SSSR count). The van der Waals surface area contributed by atoms with Crippen LogP contribution in [0, 0.1) is 0 Å². The molecule has 100 valence electrons. The number of hydrogen-bond donors (Lipinski definition) is 0. The zero-order valence-corrected chi connectivity index (χ0v) is 12.2. The molecule has 0 spiro atoms. The second kappa shape index (κ2) is 6.65. The average molecular weight is 288 g/mol. The minimum Gasteiger partial charge on any atom is -0.496 e. The molecule has 1 aromatic carbocycles. The van der Waals surface area contributed by atoms with E-state index in [1.807, 2.05) is 18.2 Å². The molecule has 0 heterocycles. The molecule has 0 aliphatic heterocycles. The summed E-state index contributed by atoms with van der Waals surface area (Å²) in [6, 6.07) is 6.45. The summed E-state index contributed by atoms with van der Waals surface area (Å²) in [6.07, 6.45) is 3.88. The number of alkyl halides is 1. The lowest BCUT2D eigenvalue weighted by Crippen LogP contribution is -2.40. The van der Waals surface area contributed by atoms with Gasteiger partial charge < -0.3 is 4.74 Å². The second-order valence-electron chi connectivity index (χ2n) is 4.70. The number of rotatable bonds is 6. The lowest BCUT2D eigenvalue weighted by Gasteiger charge is -2.37. The van der Waals surface area contributed by atoms with Gasteiger partial charge in [0.05, 0.1) is 7.11 Å². The van der Waals surface area contributed by atoms with Crippen LogP contribution in [0.5, 0.6) is 5.75 Å². The molecule has 0 radical (unpaired) electrons. The third-order valence-corrected chi connectivity index (χ3v) is 3.98. The third kappa shape index (κ3) is 3.31. The topological polar surface area (TPSA) is 12.5 Å². The van der Waals surface area contributed by atoms with Crippen molar-refractivity contribution in [2.45, 2.75) is 31.8 Å². The molecule has 0 N–H and O–H groups in total. The number of halogens is 2. The summed E-state index contributed by atoms with van der Waals surface area (Å²) < 4.78 is 5.39. The Morgan fingerprint density at radius 2 is 2.17 bits per heavy atom. The van der Waals surface area contributed by atoms with E-state index < -0.39 is 0 Å². The Labute approximate surface area is 119 Å². The van der Waals surface area contributed by atoms with Crippen molar-refractivity contribution in [3.8, 4) is 5.75 Å². The van der Waals surface area contributed by atoms with E-state index in [1.54, 1.807) is 7.11 Å². The van der Waals surface area contributed by atoms with Crippen LogP contribution < -0.4 is 4.74 Å². The van der Waals surface area contributed by atoms with Gasteiger partial charge in [-0.15, -0.1) is 11.6 Å². The summed E-state index contributed by atoms with van der Waals surface area (Å²) in [6.45, 7) is 1.78. The van der Waals surface area contributed by atoms with E-state index in [4.69, 9.17) is 27.9 Å². The van der Waals surface area contributed by atoms with Gasteiger partial charge in [0.15, 0.2) is 0 Å².